The summed E-state index contributed by atoms with van der Waals surface area (Å²) >= 11 is 3.19. The molecule has 1 atom stereocenters. The summed E-state index contributed by atoms with van der Waals surface area (Å²) in [4.78, 5) is 0. The van der Waals surface area contributed by atoms with E-state index in [4.69, 9.17) is 4.42 Å². The Morgan fingerprint density at radius 1 is 1.30 bits per heavy atom. The van der Waals surface area contributed by atoms with Crippen LogP contribution in [-0.2, 0) is 6.54 Å². The predicted molar refractivity (Wildman–Crippen MR) is 71.2 cm³/mol. The third-order valence-electron chi connectivity index (χ3n) is 2.65. The lowest BCUT2D eigenvalue weighted by Crippen LogP contribution is -2.21. The fourth-order valence-electron chi connectivity index (χ4n) is 1.69. The van der Waals surface area contributed by atoms with Crippen molar-refractivity contribution in [2.75, 3.05) is 5.32 Å². The average Bonchev–Trinajstić information content (AvgIpc) is 2.87. The number of nitrogens with one attached hydrogen (secondary N) is 1. The van der Waals surface area contributed by atoms with Crippen LogP contribution in [0.1, 0.15) is 17.4 Å². The maximum atomic E-state index is 12.6. The van der Waals surface area contributed by atoms with E-state index in [2.05, 4.69) is 21.2 Å². The molecule has 20 heavy (non-hydrogen) atoms. The monoisotopic (exact) mass is 349 g/mol. The van der Waals surface area contributed by atoms with Gasteiger partial charge in [-0.15, -0.1) is 0 Å². The Labute approximate surface area is 121 Å². The first kappa shape index (κ1) is 14.9. The van der Waals surface area contributed by atoms with Crippen LogP contribution in [0.3, 0.4) is 0 Å². The maximum Gasteiger partial charge on any atom is 0.418 e. The van der Waals surface area contributed by atoms with Gasteiger partial charge in [-0.2, -0.15) is 13.2 Å². The third-order valence-corrected chi connectivity index (χ3v) is 3.15. The van der Waals surface area contributed by atoms with E-state index in [9.17, 15) is 18.3 Å². The molecule has 2 aromatic rings. The van der Waals surface area contributed by atoms with E-state index >= 15 is 0 Å². The zero-order valence-corrected chi connectivity index (χ0v) is 11.7. The lowest BCUT2D eigenvalue weighted by molar-refractivity contribution is -0.206. The number of aliphatic hydroxyl groups excluding tert-OH is 1. The van der Waals surface area contributed by atoms with Crippen molar-refractivity contribution in [1.29, 1.82) is 0 Å². The predicted octanol–water partition coefficient (Wildman–Crippen LogP) is 4.25. The number of aliphatic hydroxyl groups is 1. The molecule has 0 bridgehead atoms. The van der Waals surface area contributed by atoms with Gasteiger partial charge in [0.05, 0.1) is 12.8 Å². The number of benzene rings is 1. The smallest absolute Gasteiger partial charge is 0.418 e. The van der Waals surface area contributed by atoms with Crippen molar-refractivity contribution < 1.29 is 22.7 Å². The van der Waals surface area contributed by atoms with Gasteiger partial charge in [-0.3, -0.25) is 0 Å². The van der Waals surface area contributed by atoms with Gasteiger partial charge < -0.3 is 14.8 Å². The first-order valence-electron chi connectivity index (χ1n) is 5.68. The molecule has 0 aliphatic rings. The summed E-state index contributed by atoms with van der Waals surface area (Å²) in [5.41, 5.74) is -0.0344. The molecule has 0 saturated carbocycles. The average molecular weight is 350 g/mol. The Kier molecular flexibility index (Phi) is 4.39. The van der Waals surface area contributed by atoms with Gasteiger partial charge in [0.15, 0.2) is 6.10 Å². The van der Waals surface area contributed by atoms with Crippen molar-refractivity contribution in [3.63, 3.8) is 0 Å². The second-order valence-electron chi connectivity index (χ2n) is 4.11. The molecule has 2 N–H and O–H groups in total. The molecule has 1 aromatic heterocycles. The van der Waals surface area contributed by atoms with E-state index in [0.29, 0.717) is 10.2 Å². The van der Waals surface area contributed by atoms with E-state index in [1.165, 1.54) is 24.5 Å². The maximum absolute atomic E-state index is 12.6. The summed E-state index contributed by atoms with van der Waals surface area (Å²) in [6.07, 6.45) is -5.77. The molecule has 1 heterocycles. The van der Waals surface area contributed by atoms with E-state index in [1.54, 1.807) is 12.1 Å². The second-order valence-corrected chi connectivity index (χ2v) is 5.02. The largest absolute Gasteiger partial charge is 0.467 e. The van der Waals surface area contributed by atoms with Gasteiger partial charge in [0.1, 0.15) is 5.76 Å². The van der Waals surface area contributed by atoms with Crippen molar-refractivity contribution in [2.45, 2.75) is 18.8 Å². The van der Waals surface area contributed by atoms with Crippen LogP contribution < -0.4 is 5.32 Å². The van der Waals surface area contributed by atoms with Gasteiger partial charge in [0, 0.05) is 15.7 Å². The molecule has 1 unspecified atom stereocenters. The molecule has 3 nitrogen and oxygen atoms in total. The molecule has 0 spiro atoms. The van der Waals surface area contributed by atoms with Crippen molar-refractivity contribution in [1.82, 2.24) is 0 Å². The van der Waals surface area contributed by atoms with E-state index < -0.39 is 12.3 Å². The van der Waals surface area contributed by atoms with Gasteiger partial charge >= 0.3 is 6.18 Å². The van der Waals surface area contributed by atoms with Gasteiger partial charge in [0.25, 0.3) is 0 Å². The van der Waals surface area contributed by atoms with Crippen LogP contribution >= 0.6 is 15.9 Å². The second kappa shape index (κ2) is 5.88. The molecular weight excluding hydrogens is 339 g/mol. The fraction of sp³-hybridized carbons (Fsp3) is 0.231. The highest BCUT2D eigenvalue weighted by Crippen LogP contribution is 2.37. The van der Waals surface area contributed by atoms with Crippen LogP contribution in [-0.4, -0.2) is 11.3 Å². The molecule has 2 rings (SSSR count). The number of rotatable bonds is 4. The lowest BCUT2D eigenvalue weighted by atomic mass is 10.1. The molecule has 1 aromatic carbocycles. The zero-order chi connectivity index (χ0) is 14.8. The summed E-state index contributed by atoms with van der Waals surface area (Å²) in [6, 6.07) is 7.54. The van der Waals surface area contributed by atoms with E-state index in [-0.39, 0.29) is 17.8 Å². The van der Waals surface area contributed by atoms with Crippen molar-refractivity contribution in [3.05, 3.63) is 52.4 Å². The Bertz CT molecular complexity index is 569. The number of hydrogen-bond acceptors (Lipinski definition) is 3. The molecule has 108 valence electrons. The summed E-state index contributed by atoms with van der Waals surface area (Å²) < 4.78 is 43.6. The summed E-state index contributed by atoms with van der Waals surface area (Å²) in [7, 11) is 0. The normalized spacial score (nSPS) is 13.2. The van der Waals surface area contributed by atoms with Crippen LogP contribution in [0.4, 0.5) is 18.9 Å². The third kappa shape index (κ3) is 3.55. The Hall–Kier alpha value is -1.47. The van der Waals surface area contributed by atoms with Gasteiger partial charge in [0.2, 0.25) is 0 Å². The van der Waals surface area contributed by atoms with E-state index in [1.807, 2.05) is 0 Å². The Balaban J connectivity index is 2.24. The Morgan fingerprint density at radius 2 is 2.05 bits per heavy atom. The van der Waals surface area contributed by atoms with Crippen LogP contribution in [0, 0.1) is 0 Å². The topological polar surface area (TPSA) is 45.4 Å². The van der Waals surface area contributed by atoms with Crippen LogP contribution in [0.25, 0.3) is 0 Å². The summed E-state index contributed by atoms with van der Waals surface area (Å²) in [6.45, 7) is 0.223. The standard InChI is InChI=1S/C13H11BrF3NO2/c14-8-3-4-10(12(19)13(15,16)17)11(6-8)18-7-9-2-1-5-20-9/h1-6,12,18-19H,7H2. The highest BCUT2D eigenvalue weighted by atomic mass is 79.9. The number of halogens is 4. The summed E-state index contributed by atoms with van der Waals surface area (Å²) in [5.74, 6) is 0.581. The van der Waals surface area contributed by atoms with Crippen molar-refractivity contribution in [2.24, 2.45) is 0 Å². The molecule has 0 saturated heterocycles. The van der Waals surface area contributed by atoms with Gasteiger partial charge in [-0.05, 0) is 24.3 Å². The summed E-state index contributed by atoms with van der Waals surface area (Å²) in [5, 5.41) is 12.2. The number of anilines is 1. The molecule has 0 radical (unpaired) electrons. The quantitative estimate of drug-likeness (QED) is 0.867. The molecular formula is C13H11BrF3NO2. The number of alkyl halides is 3. The molecule has 0 aliphatic heterocycles. The number of furan rings is 1. The van der Waals surface area contributed by atoms with Crippen LogP contribution in [0.5, 0.6) is 0 Å². The molecule has 0 fully saturated rings. The molecule has 7 heteroatoms. The van der Waals surface area contributed by atoms with Gasteiger partial charge in [-0.25, -0.2) is 0 Å². The minimum atomic E-state index is -4.71. The minimum Gasteiger partial charge on any atom is -0.467 e. The highest BCUT2D eigenvalue weighted by Gasteiger charge is 2.40. The minimum absolute atomic E-state index is 0.195. The Morgan fingerprint density at radius 3 is 2.65 bits per heavy atom. The molecule has 0 aliphatic carbocycles. The van der Waals surface area contributed by atoms with Crippen molar-refractivity contribution in [3.8, 4) is 0 Å². The number of hydrogen-bond donors (Lipinski definition) is 2. The lowest BCUT2D eigenvalue weighted by Gasteiger charge is -2.19. The SMILES string of the molecule is OC(c1ccc(Br)cc1NCc1ccco1)C(F)(F)F. The fourth-order valence-corrected chi connectivity index (χ4v) is 2.05. The van der Waals surface area contributed by atoms with Crippen LogP contribution in [0.2, 0.25) is 0 Å². The first-order chi connectivity index (χ1) is 9.38. The van der Waals surface area contributed by atoms with Crippen molar-refractivity contribution >= 4 is 21.6 Å². The molecule has 0 amide bonds. The first-order valence-corrected chi connectivity index (χ1v) is 6.47. The van der Waals surface area contributed by atoms with E-state index in [0.717, 1.165) is 0 Å². The highest BCUT2D eigenvalue weighted by molar-refractivity contribution is 9.10. The zero-order valence-electron chi connectivity index (χ0n) is 10.1. The van der Waals surface area contributed by atoms with Crippen LogP contribution in [0.15, 0.2) is 45.5 Å². The van der Waals surface area contributed by atoms with Gasteiger partial charge in [-0.1, -0.05) is 22.0 Å².